The number of benzene rings is 2. The van der Waals surface area contributed by atoms with Crippen LogP contribution in [0.3, 0.4) is 0 Å². The minimum Gasteiger partial charge on any atom is -0.0658 e. The van der Waals surface area contributed by atoms with E-state index in [0.717, 1.165) is 0 Å². The molecule has 1 heteroatoms. The van der Waals surface area contributed by atoms with Gasteiger partial charge in [-0.2, -0.15) is 0 Å². The van der Waals surface area contributed by atoms with Crippen LogP contribution in [0.5, 0.6) is 0 Å². The van der Waals surface area contributed by atoms with Gasteiger partial charge in [-0.25, -0.2) is 0 Å². The van der Waals surface area contributed by atoms with Crippen LogP contribution >= 0.6 is 0 Å². The minimum atomic E-state index is -1.51. The van der Waals surface area contributed by atoms with Crippen LogP contribution in [0.25, 0.3) is 16.3 Å². The summed E-state index contributed by atoms with van der Waals surface area (Å²) in [5, 5.41) is 3.41. The molecule has 23 heavy (non-hydrogen) atoms. The molecular weight excluding hydrogens is 292 g/mol. The first kappa shape index (κ1) is 15.0. The van der Waals surface area contributed by atoms with Crippen LogP contribution in [0.4, 0.5) is 0 Å². The lowest BCUT2D eigenvalue weighted by atomic mass is 9.94. The van der Waals surface area contributed by atoms with Crippen LogP contribution in [0.1, 0.15) is 49.8 Å². The molecule has 0 saturated carbocycles. The van der Waals surface area contributed by atoms with Gasteiger partial charge in [-0.15, -0.1) is 0 Å². The Balaban J connectivity index is 1.95. The van der Waals surface area contributed by atoms with Crippen LogP contribution in [0, 0.1) is 0 Å². The monoisotopic (exact) mass is 318 g/mol. The maximum absolute atomic E-state index is 2.54. The lowest BCUT2D eigenvalue weighted by Gasteiger charge is -2.21. The van der Waals surface area contributed by atoms with Gasteiger partial charge in [-0.05, 0) is 57.0 Å². The summed E-state index contributed by atoms with van der Waals surface area (Å²) in [4.78, 5) is 0. The molecule has 118 valence electrons. The van der Waals surface area contributed by atoms with Crippen molar-refractivity contribution < 1.29 is 0 Å². The lowest BCUT2D eigenvalue weighted by Crippen LogP contribution is -2.39. The molecule has 1 aliphatic carbocycles. The fourth-order valence-corrected chi connectivity index (χ4v) is 8.34. The van der Waals surface area contributed by atoms with Gasteiger partial charge >= 0.3 is 0 Å². The molecule has 0 atom stereocenters. The highest BCUT2D eigenvalue weighted by atomic mass is 28.3. The minimum absolute atomic E-state index is 0.600. The molecule has 0 N–H and O–H groups in total. The van der Waals surface area contributed by atoms with Gasteiger partial charge in [0.25, 0.3) is 0 Å². The van der Waals surface area contributed by atoms with Gasteiger partial charge in [0, 0.05) is 0 Å². The molecule has 0 spiro atoms. The van der Waals surface area contributed by atoms with Crippen molar-refractivity contribution in [3.05, 3.63) is 58.7 Å². The first-order valence-electron chi connectivity index (χ1n) is 8.94. The molecule has 2 bridgehead atoms. The predicted molar refractivity (Wildman–Crippen MR) is 104 cm³/mol. The molecule has 0 saturated heterocycles. The average molecular weight is 319 g/mol. The average Bonchev–Trinajstić information content (AvgIpc) is 2.99. The van der Waals surface area contributed by atoms with Crippen molar-refractivity contribution >= 4 is 18.5 Å². The van der Waals surface area contributed by atoms with E-state index in [-0.39, 0.29) is 0 Å². The number of allylic oxidation sites excluding steroid dienone is 1. The van der Waals surface area contributed by atoms with E-state index in [1.807, 2.05) is 0 Å². The topological polar surface area (TPSA) is 0 Å². The largest absolute Gasteiger partial charge is 0.113 e. The van der Waals surface area contributed by atoms with E-state index in [4.69, 9.17) is 0 Å². The Bertz CT molecular complexity index is 820. The van der Waals surface area contributed by atoms with E-state index in [2.05, 4.69) is 70.3 Å². The molecule has 4 rings (SSSR count). The third-order valence-corrected chi connectivity index (χ3v) is 9.51. The molecule has 1 aliphatic heterocycles. The number of hydrogen-bond acceptors (Lipinski definition) is 0. The summed E-state index contributed by atoms with van der Waals surface area (Å²) in [6.45, 7) is 11.9. The summed E-state index contributed by atoms with van der Waals surface area (Å²) < 4.78 is 0. The second-order valence-electron chi connectivity index (χ2n) is 7.93. The van der Waals surface area contributed by atoms with Gasteiger partial charge in [-0.1, -0.05) is 75.8 Å². The fraction of sp³-hybridized carbons (Fsp3) is 0.364. The number of fused-ring (bicyclic) bond motifs is 1. The Morgan fingerprint density at radius 2 is 1.65 bits per heavy atom. The summed E-state index contributed by atoms with van der Waals surface area (Å²) in [5.74, 6) is 0.600. The van der Waals surface area contributed by atoms with Gasteiger partial charge in [0.1, 0.15) is 8.07 Å². The predicted octanol–water partition coefficient (Wildman–Crippen LogP) is 5.66. The van der Waals surface area contributed by atoms with E-state index < -0.39 is 8.07 Å². The molecule has 2 aliphatic rings. The smallest absolute Gasteiger partial charge is 0.0658 e. The first-order chi connectivity index (χ1) is 10.9. The van der Waals surface area contributed by atoms with E-state index in [9.17, 15) is 0 Å². The van der Waals surface area contributed by atoms with Gasteiger partial charge in [0.15, 0.2) is 0 Å². The van der Waals surface area contributed by atoms with Gasteiger partial charge < -0.3 is 0 Å². The van der Waals surface area contributed by atoms with E-state index in [0.29, 0.717) is 5.92 Å². The van der Waals surface area contributed by atoms with Gasteiger partial charge in [-0.3, -0.25) is 0 Å². The summed E-state index contributed by atoms with van der Waals surface area (Å²) >= 11 is 0. The fourth-order valence-electron chi connectivity index (χ4n) is 4.62. The van der Waals surface area contributed by atoms with Crippen molar-refractivity contribution in [1.29, 1.82) is 0 Å². The molecule has 1 heterocycles. The Morgan fingerprint density at radius 1 is 0.957 bits per heavy atom. The molecule has 0 radical (unpaired) electrons. The van der Waals surface area contributed by atoms with E-state index in [1.165, 1.54) is 24.0 Å². The van der Waals surface area contributed by atoms with E-state index >= 15 is 0 Å². The molecule has 0 fully saturated rings. The summed E-state index contributed by atoms with van der Waals surface area (Å²) in [6.07, 6.45) is 2.40. The summed E-state index contributed by atoms with van der Waals surface area (Å²) in [5.41, 5.74) is 9.32. The zero-order valence-corrected chi connectivity index (χ0v) is 16.0. The van der Waals surface area contributed by atoms with Crippen LogP contribution in [-0.4, -0.2) is 8.07 Å². The highest BCUT2D eigenvalue weighted by molar-refractivity contribution is 7.07. The molecule has 0 aromatic heterocycles. The standard InChI is InChI=1S/C22H26Si/c1-6-15-13-18-11-12-19-20(21(18)22(15)23(19,4)5)17-9-7-16(8-10-17)14(2)3/h7-12,14H,6,13H2,1-5H3. The molecule has 2 aromatic rings. The molecular formula is C22H26Si. The first-order valence-corrected chi connectivity index (χ1v) is 11.9. The molecule has 0 amide bonds. The zero-order chi connectivity index (χ0) is 16.4. The molecule has 0 nitrogen and oxygen atoms in total. The summed E-state index contributed by atoms with van der Waals surface area (Å²) in [7, 11) is -1.51. The van der Waals surface area contributed by atoms with E-state index in [1.54, 1.807) is 32.6 Å². The quantitative estimate of drug-likeness (QED) is 0.640. The van der Waals surface area contributed by atoms with Crippen molar-refractivity contribution in [1.82, 2.24) is 0 Å². The zero-order valence-electron chi connectivity index (χ0n) is 15.0. The Morgan fingerprint density at radius 3 is 2.26 bits per heavy atom. The maximum atomic E-state index is 2.54. The second-order valence-corrected chi connectivity index (χ2v) is 12.2. The molecule has 0 unspecified atom stereocenters. The lowest BCUT2D eigenvalue weighted by molar-refractivity contribution is 0.867. The Hall–Kier alpha value is -1.60. The third-order valence-electron chi connectivity index (χ3n) is 5.89. The maximum Gasteiger partial charge on any atom is 0.113 e. The van der Waals surface area contributed by atoms with Crippen molar-refractivity contribution in [2.45, 2.75) is 52.6 Å². The Kier molecular flexibility index (Phi) is 3.22. The van der Waals surface area contributed by atoms with Gasteiger partial charge in [0.05, 0.1) is 0 Å². The van der Waals surface area contributed by atoms with Crippen molar-refractivity contribution in [3.8, 4) is 11.1 Å². The summed E-state index contributed by atoms with van der Waals surface area (Å²) in [6, 6.07) is 14.2. The van der Waals surface area contributed by atoms with Crippen molar-refractivity contribution in [3.63, 3.8) is 0 Å². The molecule has 2 aromatic carbocycles. The van der Waals surface area contributed by atoms with Crippen molar-refractivity contribution in [2.24, 2.45) is 0 Å². The highest BCUT2D eigenvalue weighted by Crippen LogP contribution is 2.49. The van der Waals surface area contributed by atoms with Crippen LogP contribution in [0.15, 0.2) is 42.0 Å². The van der Waals surface area contributed by atoms with Gasteiger partial charge in [0.2, 0.25) is 0 Å². The number of rotatable bonds is 3. The van der Waals surface area contributed by atoms with Crippen LogP contribution < -0.4 is 5.19 Å². The van der Waals surface area contributed by atoms with Crippen LogP contribution in [0.2, 0.25) is 13.1 Å². The van der Waals surface area contributed by atoms with Crippen molar-refractivity contribution in [2.75, 3.05) is 0 Å². The third kappa shape index (κ3) is 1.96. The second kappa shape index (κ2) is 4.94. The number of hydrogen-bond donors (Lipinski definition) is 0. The normalized spacial score (nSPS) is 17.5. The van der Waals surface area contributed by atoms with Crippen LogP contribution in [-0.2, 0) is 6.42 Å². The highest BCUT2D eigenvalue weighted by Gasteiger charge is 2.45. The Labute approximate surface area is 141 Å². The SMILES string of the molecule is CCC1=C2c3c(ccc(c3-c3ccc(C(C)C)cc3)[Si]2(C)C)C1.